The fourth-order valence-corrected chi connectivity index (χ4v) is 3.97. The summed E-state index contributed by atoms with van der Waals surface area (Å²) in [7, 11) is 5.48. The Morgan fingerprint density at radius 3 is 2.38 bits per heavy atom. The smallest absolute Gasteiger partial charge is 0.253 e. The van der Waals surface area contributed by atoms with E-state index in [0.717, 1.165) is 41.2 Å². The number of nitrogens with zero attached hydrogens (tertiary/aromatic N) is 4. The zero-order chi connectivity index (χ0) is 22.8. The molecule has 1 aromatic carbocycles. The van der Waals surface area contributed by atoms with Gasteiger partial charge in [0.25, 0.3) is 5.91 Å². The molecule has 2 aromatic heterocycles. The number of hydrogen-bond acceptors (Lipinski definition) is 6. The maximum atomic E-state index is 12.1. The largest absolute Gasteiger partial charge is 0.359 e. The molecule has 0 saturated carbocycles. The zero-order valence-electron chi connectivity index (χ0n) is 18.8. The number of hydrogen-bond donors (Lipinski definition) is 1. The summed E-state index contributed by atoms with van der Waals surface area (Å²) in [5.74, 6) is 1.58. The van der Waals surface area contributed by atoms with Crippen molar-refractivity contribution in [3.05, 3.63) is 66.0 Å². The Hall–Kier alpha value is -3.74. The molecule has 1 aliphatic heterocycles. The third kappa shape index (κ3) is 4.32. The summed E-state index contributed by atoms with van der Waals surface area (Å²) in [6, 6.07) is 13.4. The van der Waals surface area contributed by atoms with E-state index in [1.807, 2.05) is 49.5 Å². The number of amides is 1. The Labute approximate surface area is 188 Å². The highest BCUT2D eigenvalue weighted by molar-refractivity contribution is 5.94. The highest BCUT2D eigenvalue weighted by Crippen LogP contribution is 2.35. The van der Waals surface area contributed by atoms with Crippen molar-refractivity contribution in [2.75, 3.05) is 37.9 Å². The van der Waals surface area contributed by atoms with Gasteiger partial charge in [-0.3, -0.25) is 9.59 Å². The number of rotatable bonds is 5. The quantitative estimate of drug-likeness (QED) is 0.658. The maximum absolute atomic E-state index is 12.1. The molecule has 1 N–H and O–H groups in total. The molecule has 0 fully saturated rings. The third-order valence-corrected chi connectivity index (χ3v) is 5.78. The molecule has 4 rings (SSSR count). The second-order valence-electron chi connectivity index (χ2n) is 8.34. The lowest BCUT2D eigenvalue weighted by Crippen LogP contribution is -2.30. The molecule has 164 valence electrons. The topological polar surface area (TPSA) is 78.4 Å². The molecule has 32 heavy (non-hydrogen) atoms. The van der Waals surface area contributed by atoms with Gasteiger partial charge in [0.2, 0.25) is 0 Å². The normalized spacial score (nSPS) is 15.1. The molecule has 1 unspecified atom stereocenters. The molecule has 1 amide bonds. The molecular formula is C25H27N5O2. The van der Waals surface area contributed by atoms with Gasteiger partial charge >= 0.3 is 0 Å². The van der Waals surface area contributed by atoms with E-state index >= 15 is 0 Å². The fourth-order valence-electron chi connectivity index (χ4n) is 3.97. The van der Waals surface area contributed by atoms with Crippen LogP contribution in [0, 0.1) is 0 Å². The number of carbonyl (C=O) groups excluding carboxylic acids is 2. The predicted molar refractivity (Wildman–Crippen MR) is 127 cm³/mol. The predicted octanol–water partition coefficient (Wildman–Crippen LogP) is 4.10. The summed E-state index contributed by atoms with van der Waals surface area (Å²) >= 11 is 0. The minimum atomic E-state index is -0.117. The Bertz CT molecular complexity index is 1140. The van der Waals surface area contributed by atoms with Gasteiger partial charge in [-0.1, -0.05) is 12.1 Å². The lowest BCUT2D eigenvalue weighted by atomic mass is 9.89. The lowest BCUT2D eigenvalue weighted by molar-refractivity contribution is -0.118. The SMILES string of the molecule is CC(=O)C1CCN(C)c2ncc(Nc3ccc(-c4ccc(C(=O)N(C)C)cc4)cn3)cc21. The highest BCUT2D eigenvalue weighted by Gasteiger charge is 2.27. The molecule has 0 spiro atoms. The van der Waals surface area contributed by atoms with Crippen molar-refractivity contribution in [3.8, 4) is 11.1 Å². The fraction of sp³-hybridized carbons (Fsp3) is 0.280. The van der Waals surface area contributed by atoms with E-state index in [9.17, 15) is 9.59 Å². The van der Waals surface area contributed by atoms with Crippen LogP contribution in [0.5, 0.6) is 0 Å². The number of nitrogens with one attached hydrogen (secondary N) is 1. The molecule has 0 saturated heterocycles. The number of carbonyl (C=O) groups is 2. The van der Waals surface area contributed by atoms with Crippen molar-refractivity contribution in [2.24, 2.45) is 0 Å². The van der Waals surface area contributed by atoms with Crippen LogP contribution in [0.15, 0.2) is 54.9 Å². The second-order valence-corrected chi connectivity index (χ2v) is 8.34. The first-order chi connectivity index (χ1) is 15.3. The number of Topliss-reactive ketones (excluding diaryl/α,β-unsaturated/α-hetero) is 1. The van der Waals surface area contributed by atoms with E-state index in [1.165, 1.54) is 0 Å². The van der Waals surface area contributed by atoms with Gasteiger partial charge in [-0.15, -0.1) is 0 Å². The van der Waals surface area contributed by atoms with E-state index in [0.29, 0.717) is 11.4 Å². The Morgan fingerprint density at radius 1 is 1.03 bits per heavy atom. The first kappa shape index (κ1) is 21.5. The van der Waals surface area contributed by atoms with Crippen LogP contribution in [-0.2, 0) is 4.79 Å². The minimum Gasteiger partial charge on any atom is -0.359 e. The van der Waals surface area contributed by atoms with Crippen LogP contribution in [-0.4, -0.2) is 54.2 Å². The van der Waals surface area contributed by atoms with Gasteiger partial charge in [0.15, 0.2) is 0 Å². The van der Waals surface area contributed by atoms with Crippen LogP contribution in [0.25, 0.3) is 11.1 Å². The average Bonchev–Trinajstić information content (AvgIpc) is 2.79. The molecule has 0 aliphatic carbocycles. The van der Waals surface area contributed by atoms with E-state index in [4.69, 9.17) is 0 Å². The standard InChI is InChI=1S/C25H27N5O2/c1-16(31)21-11-12-30(4)24-22(21)13-20(15-27-24)28-23-10-9-19(14-26-23)17-5-7-18(8-6-17)25(32)29(2)3/h5-10,13-15,21H,11-12H2,1-4H3,(H,26,28). The number of fused-ring (bicyclic) bond motifs is 1. The highest BCUT2D eigenvalue weighted by atomic mass is 16.2. The van der Waals surface area contributed by atoms with Crippen LogP contribution in [0.3, 0.4) is 0 Å². The molecule has 3 aromatic rings. The van der Waals surface area contributed by atoms with E-state index in [2.05, 4.69) is 20.2 Å². The molecule has 1 aliphatic rings. The van der Waals surface area contributed by atoms with E-state index in [-0.39, 0.29) is 17.6 Å². The van der Waals surface area contributed by atoms with Gasteiger partial charge in [0, 0.05) is 56.5 Å². The van der Waals surface area contributed by atoms with Crippen LogP contribution >= 0.6 is 0 Å². The number of aromatic nitrogens is 2. The second kappa shape index (κ2) is 8.78. The van der Waals surface area contributed by atoms with Crippen LogP contribution < -0.4 is 10.2 Å². The van der Waals surface area contributed by atoms with Gasteiger partial charge in [-0.05, 0) is 49.2 Å². The summed E-state index contributed by atoms with van der Waals surface area (Å²) in [4.78, 5) is 36.9. The molecule has 1 atom stereocenters. The summed E-state index contributed by atoms with van der Waals surface area (Å²) in [6.45, 7) is 2.47. The molecule has 0 bridgehead atoms. The molecule has 7 nitrogen and oxygen atoms in total. The van der Waals surface area contributed by atoms with Gasteiger partial charge in [-0.25, -0.2) is 9.97 Å². The lowest BCUT2D eigenvalue weighted by Gasteiger charge is -2.31. The number of ketones is 1. The summed E-state index contributed by atoms with van der Waals surface area (Å²) in [5.41, 5.74) is 4.36. The first-order valence-electron chi connectivity index (χ1n) is 10.6. The molecule has 7 heteroatoms. The molecular weight excluding hydrogens is 402 g/mol. The Kier molecular flexibility index (Phi) is 5.90. The number of benzene rings is 1. The van der Waals surface area contributed by atoms with Crippen molar-refractivity contribution in [2.45, 2.75) is 19.3 Å². The van der Waals surface area contributed by atoms with Crippen molar-refractivity contribution < 1.29 is 9.59 Å². The minimum absolute atomic E-state index is 0.0221. The first-order valence-corrected chi connectivity index (χ1v) is 10.6. The summed E-state index contributed by atoms with van der Waals surface area (Å²) in [6.07, 6.45) is 4.37. The van der Waals surface area contributed by atoms with E-state index in [1.54, 1.807) is 38.3 Å². The van der Waals surface area contributed by atoms with Crippen molar-refractivity contribution in [3.63, 3.8) is 0 Å². The van der Waals surface area contributed by atoms with Gasteiger partial charge in [0.05, 0.1) is 11.9 Å². The molecule has 0 radical (unpaired) electrons. The van der Waals surface area contributed by atoms with Crippen LogP contribution in [0.4, 0.5) is 17.3 Å². The third-order valence-electron chi connectivity index (χ3n) is 5.78. The van der Waals surface area contributed by atoms with Crippen molar-refractivity contribution in [1.29, 1.82) is 0 Å². The Morgan fingerprint density at radius 2 is 1.75 bits per heavy atom. The van der Waals surface area contributed by atoms with Gasteiger partial charge in [0.1, 0.15) is 17.4 Å². The number of anilines is 3. The average molecular weight is 430 g/mol. The summed E-state index contributed by atoms with van der Waals surface area (Å²) in [5, 5.41) is 3.29. The van der Waals surface area contributed by atoms with E-state index < -0.39 is 0 Å². The summed E-state index contributed by atoms with van der Waals surface area (Å²) < 4.78 is 0. The Balaban J connectivity index is 1.51. The zero-order valence-corrected chi connectivity index (χ0v) is 18.8. The monoisotopic (exact) mass is 429 g/mol. The van der Waals surface area contributed by atoms with Gasteiger partial charge < -0.3 is 15.1 Å². The van der Waals surface area contributed by atoms with Crippen molar-refractivity contribution >= 4 is 29.0 Å². The molecule has 3 heterocycles. The maximum Gasteiger partial charge on any atom is 0.253 e. The number of pyridine rings is 2. The van der Waals surface area contributed by atoms with Crippen LogP contribution in [0.2, 0.25) is 0 Å². The van der Waals surface area contributed by atoms with Crippen molar-refractivity contribution in [1.82, 2.24) is 14.9 Å². The van der Waals surface area contributed by atoms with Crippen LogP contribution in [0.1, 0.15) is 35.2 Å². The van der Waals surface area contributed by atoms with Gasteiger partial charge in [-0.2, -0.15) is 0 Å².